The van der Waals surface area contributed by atoms with Gasteiger partial charge in [-0.05, 0) is 185 Å². The second-order valence-electron chi connectivity index (χ2n) is 19.5. The van der Waals surface area contributed by atoms with E-state index in [-0.39, 0.29) is 0 Å². The fourth-order valence-corrected chi connectivity index (χ4v) is 12.1. The van der Waals surface area contributed by atoms with Crippen LogP contribution in [0, 0.1) is 0 Å². The highest BCUT2D eigenvalue weighted by Gasteiger charge is 2.17. The van der Waals surface area contributed by atoms with Crippen molar-refractivity contribution in [3.05, 3.63) is 273 Å². The second-order valence-corrected chi connectivity index (χ2v) is 19.5. The largest absolute Gasteiger partial charge is 0.311 e. The summed E-state index contributed by atoms with van der Waals surface area (Å²) in [5, 5.41) is 23.1. The Labute approximate surface area is 423 Å². The Morgan fingerprint density at radius 2 is 0.301 bits per heavy atom. The first-order valence-electron chi connectivity index (χ1n) is 25.3. The Morgan fingerprint density at radius 3 is 0.507 bits per heavy atom. The van der Waals surface area contributed by atoms with Crippen molar-refractivity contribution in [3.8, 4) is 33.4 Å². The maximum atomic E-state index is 2.39. The van der Waals surface area contributed by atoms with Gasteiger partial charge in [0.1, 0.15) is 0 Å². The fraction of sp³-hybridized carbons (Fsp3) is 0. The maximum absolute atomic E-state index is 2.39. The summed E-state index contributed by atoms with van der Waals surface area (Å²) in [7, 11) is 0. The molecule has 15 rings (SSSR count). The quantitative estimate of drug-likeness (QED) is 0.150. The molecule has 0 aliphatic rings. The molecule has 0 saturated carbocycles. The first kappa shape index (κ1) is 41.2. The second kappa shape index (κ2) is 16.5. The molecule has 0 unspecified atom stereocenters. The van der Waals surface area contributed by atoms with E-state index in [0.717, 1.165) is 17.1 Å². The van der Waals surface area contributed by atoms with Crippen molar-refractivity contribution in [2.75, 3.05) is 4.90 Å². The minimum Gasteiger partial charge on any atom is -0.311 e. The van der Waals surface area contributed by atoms with Crippen molar-refractivity contribution in [2.24, 2.45) is 0 Å². The van der Waals surface area contributed by atoms with Crippen LogP contribution in [0.1, 0.15) is 0 Å². The van der Waals surface area contributed by atoms with Gasteiger partial charge in [-0.15, -0.1) is 0 Å². The summed E-state index contributed by atoms with van der Waals surface area (Å²) in [6.45, 7) is 0. The van der Waals surface area contributed by atoms with Crippen molar-refractivity contribution in [3.63, 3.8) is 0 Å². The molecule has 0 amide bonds. The average Bonchev–Trinajstić information content (AvgIpc) is 3.47. The van der Waals surface area contributed by atoms with Crippen molar-refractivity contribution in [1.82, 2.24) is 0 Å². The summed E-state index contributed by atoms with van der Waals surface area (Å²) < 4.78 is 0. The summed E-state index contributed by atoms with van der Waals surface area (Å²) in [6.07, 6.45) is 0. The summed E-state index contributed by atoms with van der Waals surface area (Å²) in [4.78, 5) is 2.39. The lowest BCUT2D eigenvalue weighted by Crippen LogP contribution is -2.09. The van der Waals surface area contributed by atoms with Crippen LogP contribution < -0.4 is 4.90 Å². The van der Waals surface area contributed by atoms with Crippen molar-refractivity contribution < 1.29 is 0 Å². The van der Waals surface area contributed by atoms with Gasteiger partial charge in [0.2, 0.25) is 0 Å². The molecule has 0 aliphatic carbocycles. The standard InChI is InChI=1S/C72H45N/c1-4-19-61-55(13-1)58-16-7-10-22-64(58)70-43-49(31-40-67(61)70)46-25-34-52(35-26-46)73(53-36-27-47(28-37-53)50-32-41-68-62-20-5-2-14-56(62)59-17-8-11-23-65(59)71(68)44-50)54-38-29-48(30-39-54)51-33-42-69-63-21-6-3-15-57(63)60-18-9-12-24-66(60)72(69)45-51/h1-45H. The molecule has 0 fully saturated rings. The van der Waals surface area contributed by atoms with E-state index in [4.69, 9.17) is 0 Å². The van der Waals surface area contributed by atoms with Crippen LogP contribution in [-0.2, 0) is 0 Å². The SMILES string of the molecule is c1ccc2c(c1)c1ccccc1c1cc(-c3ccc(N(c4ccc(-c5ccc6c7ccccc7c7ccccc7c6c5)cc4)c4ccc(-c5ccc6c7ccccc7c7ccccc7c6c5)cc4)cc3)ccc21. The zero-order chi connectivity index (χ0) is 48.0. The van der Waals surface area contributed by atoms with Gasteiger partial charge < -0.3 is 4.90 Å². The molecule has 0 spiro atoms. The molecule has 15 aromatic rings. The van der Waals surface area contributed by atoms with Gasteiger partial charge in [-0.25, -0.2) is 0 Å². The maximum Gasteiger partial charge on any atom is 0.0462 e. The van der Waals surface area contributed by atoms with E-state index in [1.807, 2.05) is 0 Å². The monoisotopic (exact) mass is 923 g/mol. The van der Waals surface area contributed by atoms with Crippen LogP contribution in [0.5, 0.6) is 0 Å². The zero-order valence-electron chi connectivity index (χ0n) is 39.9. The fourth-order valence-electron chi connectivity index (χ4n) is 12.1. The topological polar surface area (TPSA) is 3.24 Å². The molecule has 1 nitrogen and oxygen atoms in total. The minimum atomic E-state index is 1.09. The predicted octanol–water partition coefficient (Wildman–Crippen LogP) is 20.5. The molecule has 338 valence electrons. The third kappa shape index (κ3) is 6.63. The lowest BCUT2D eigenvalue weighted by Gasteiger charge is -2.26. The van der Waals surface area contributed by atoms with Crippen LogP contribution in [0.4, 0.5) is 17.1 Å². The van der Waals surface area contributed by atoms with Crippen LogP contribution in [0.3, 0.4) is 0 Å². The Hall–Kier alpha value is -9.56. The van der Waals surface area contributed by atoms with E-state index >= 15 is 0 Å². The Morgan fingerprint density at radius 1 is 0.137 bits per heavy atom. The number of hydrogen-bond acceptors (Lipinski definition) is 1. The van der Waals surface area contributed by atoms with Gasteiger partial charge in [0, 0.05) is 17.1 Å². The van der Waals surface area contributed by atoms with E-state index in [1.54, 1.807) is 0 Å². The summed E-state index contributed by atoms with van der Waals surface area (Å²) >= 11 is 0. The zero-order valence-corrected chi connectivity index (χ0v) is 39.9. The highest BCUT2D eigenvalue weighted by atomic mass is 15.1. The number of nitrogens with zero attached hydrogens (tertiary/aromatic N) is 1. The molecule has 0 aliphatic heterocycles. The molecule has 0 N–H and O–H groups in total. The molecule has 0 atom stereocenters. The van der Waals surface area contributed by atoms with Crippen LogP contribution in [0.25, 0.3) is 130 Å². The van der Waals surface area contributed by atoms with E-state index in [9.17, 15) is 0 Å². The molecule has 0 saturated heterocycles. The number of benzene rings is 15. The van der Waals surface area contributed by atoms with Gasteiger partial charge in [0.15, 0.2) is 0 Å². The van der Waals surface area contributed by atoms with Crippen molar-refractivity contribution in [2.45, 2.75) is 0 Å². The van der Waals surface area contributed by atoms with Gasteiger partial charge in [0.25, 0.3) is 0 Å². The lowest BCUT2D eigenvalue weighted by molar-refractivity contribution is 1.28. The van der Waals surface area contributed by atoms with E-state index in [2.05, 4.69) is 278 Å². The predicted molar refractivity (Wildman–Crippen MR) is 315 cm³/mol. The molecule has 0 bridgehead atoms. The molecule has 1 heteroatoms. The van der Waals surface area contributed by atoms with Gasteiger partial charge in [-0.2, -0.15) is 0 Å². The number of fused-ring (bicyclic) bond motifs is 18. The van der Waals surface area contributed by atoms with Crippen LogP contribution >= 0.6 is 0 Å². The lowest BCUT2D eigenvalue weighted by atomic mass is 9.92. The van der Waals surface area contributed by atoms with Crippen LogP contribution in [0.15, 0.2) is 273 Å². The van der Waals surface area contributed by atoms with Crippen LogP contribution in [0.2, 0.25) is 0 Å². The highest BCUT2D eigenvalue weighted by Crippen LogP contribution is 2.43. The van der Waals surface area contributed by atoms with Gasteiger partial charge in [-0.1, -0.05) is 218 Å². The number of rotatable bonds is 6. The average molecular weight is 924 g/mol. The normalized spacial score (nSPS) is 11.8. The first-order valence-corrected chi connectivity index (χ1v) is 25.3. The number of anilines is 3. The molecular weight excluding hydrogens is 879 g/mol. The number of hydrogen-bond donors (Lipinski definition) is 0. The Bertz CT molecular complexity index is 4110. The van der Waals surface area contributed by atoms with E-state index in [0.29, 0.717) is 0 Å². The molecule has 0 radical (unpaired) electrons. The van der Waals surface area contributed by atoms with Gasteiger partial charge in [0.05, 0.1) is 0 Å². The molecule has 0 heterocycles. The van der Waals surface area contributed by atoms with Crippen LogP contribution in [-0.4, -0.2) is 0 Å². The summed E-state index contributed by atoms with van der Waals surface area (Å²) in [5.74, 6) is 0. The third-order valence-corrected chi connectivity index (χ3v) is 15.6. The summed E-state index contributed by atoms with van der Waals surface area (Å²) in [6, 6.07) is 101. The first-order chi connectivity index (χ1) is 36.2. The van der Waals surface area contributed by atoms with Crippen molar-refractivity contribution in [1.29, 1.82) is 0 Å². The molecule has 0 aromatic heterocycles. The molecule has 15 aromatic carbocycles. The Balaban J connectivity index is 0.832. The summed E-state index contributed by atoms with van der Waals surface area (Å²) in [5.41, 5.74) is 10.4. The van der Waals surface area contributed by atoms with E-state index in [1.165, 1.54) is 130 Å². The highest BCUT2D eigenvalue weighted by molar-refractivity contribution is 6.28. The van der Waals surface area contributed by atoms with Gasteiger partial charge >= 0.3 is 0 Å². The minimum absolute atomic E-state index is 1.09. The van der Waals surface area contributed by atoms with E-state index < -0.39 is 0 Å². The Kier molecular flexibility index (Phi) is 9.33. The molecule has 73 heavy (non-hydrogen) atoms. The molecular formula is C72H45N. The van der Waals surface area contributed by atoms with Crippen molar-refractivity contribution >= 4 is 114 Å². The van der Waals surface area contributed by atoms with Gasteiger partial charge in [-0.3, -0.25) is 0 Å². The third-order valence-electron chi connectivity index (χ3n) is 15.6. The smallest absolute Gasteiger partial charge is 0.0462 e.